The van der Waals surface area contributed by atoms with E-state index in [0.29, 0.717) is 23.5 Å². The molecule has 1 aliphatic rings. The van der Waals surface area contributed by atoms with E-state index in [4.69, 9.17) is 14.2 Å². The summed E-state index contributed by atoms with van der Waals surface area (Å²) >= 11 is 0. The molecule has 0 unspecified atom stereocenters. The predicted molar refractivity (Wildman–Crippen MR) is 186 cm³/mol. The Balaban J connectivity index is 1.07. The fourth-order valence-electron chi connectivity index (χ4n) is 5.57. The third kappa shape index (κ3) is 9.27. The van der Waals surface area contributed by atoms with Crippen molar-refractivity contribution in [1.29, 1.82) is 0 Å². The SMILES string of the molecule is CN(CCc1ccccn1)C[C@@H]1C[C@H](c2ccc(CO)cc2)O[C@H](c2ccc(NC(=O)Nc3ccc(Oc4ccccc4)cc3)cc2)O1. The number of aliphatic hydroxyl groups is 1. The van der Waals surface area contributed by atoms with Gasteiger partial charge in [-0.15, -0.1) is 0 Å². The van der Waals surface area contributed by atoms with Crippen molar-refractivity contribution in [3.63, 3.8) is 0 Å². The van der Waals surface area contributed by atoms with Crippen LogP contribution in [0.5, 0.6) is 11.5 Å². The number of urea groups is 1. The number of pyridine rings is 1. The number of para-hydroxylation sites is 1. The molecule has 3 atom stereocenters. The number of ether oxygens (including phenoxy) is 3. The molecule has 1 fully saturated rings. The Labute approximate surface area is 281 Å². The molecular formula is C39H40N4O5. The number of rotatable bonds is 12. The fraction of sp³-hybridized carbons (Fsp3) is 0.231. The lowest BCUT2D eigenvalue weighted by molar-refractivity contribution is -0.252. The van der Waals surface area contributed by atoms with Crippen LogP contribution >= 0.6 is 0 Å². The van der Waals surface area contributed by atoms with Crippen LogP contribution < -0.4 is 15.4 Å². The standard InChI is InChI=1S/C39H40N4O5/c1-43(24-22-31-7-5-6-23-40-31)26-36-25-37(29-12-10-28(27-44)11-13-29)48-38(47-36)30-14-16-32(17-15-30)41-39(45)42-33-18-20-35(21-19-33)46-34-8-3-2-4-9-34/h2-21,23,36-38,44H,22,24-27H2,1H3,(H2,41,42,45)/t36-,37+,38+/m0/s1. The molecule has 1 aliphatic heterocycles. The number of likely N-dealkylation sites (N-methyl/N-ethyl adjacent to an activating group) is 1. The third-order valence-electron chi connectivity index (χ3n) is 8.14. The summed E-state index contributed by atoms with van der Waals surface area (Å²) in [6.07, 6.45) is 2.53. The van der Waals surface area contributed by atoms with Gasteiger partial charge in [-0.25, -0.2) is 4.79 Å². The van der Waals surface area contributed by atoms with Gasteiger partial charge < -0.3 is 34.9 Å². The first-order valence-corrected chi connectivity index (χ1v) is 16.1. The molecule has 0 bridgehead atoms. The molecule has 4 aromatic carbocycles. The van der Waals surface area contributed by atoms with Crippen LogP contribution in [0.25, 0.3) is 0 Å². The maximum atomic E-state index is 12.8. The zero-order valence-electron chi connectivity index (χ0n) is 26.9. The van der Waals surface area contributed by atoms with E-state index in [1.807, 2.05) is 103 Å². The molecule has 0 aliphatic carbocycles. The third-order valence-corrected chi connectivity index (χ3v) is 8.14. The molecule has 2 heterocycles. The molecule has 0 radical (unpaired) electrons. The normalized spacial score (nSPS) is 17.5. The number of amides is 2. The zero-order valence-corrected chi connectivity index (χ0v) is 26.9. The lowest BCUT2D eigenvalue weighted by atomic mass is 9.99. The first-order chi connectivity index (χ1) is 23.5. The summed E-state index contributed by atoms with van der Waals surface area (Å²) in [5, 5.41) is 15.3. The van der Waals surface area contributed by atoms with Gasteiger partial charge in [0, 0.05) is 54.8 Å². The van der Waals surface area contributed by atoms with E-state index in [1.54, 1.807) is 24.3 Å². The highest BCUT2D eigenvalue weighted by molar-refractivity contribution is 5.99. The maximum absolute atomic E-state index is 12.8. The van der Waals surface area contributed by atoms with Gasteiger partial charge in [-0.3, -0.25) is 4.98 Å². The highest BCUT2D eigenvalue weighted by atomic mass is 16.7. The summed E-state index contributed by atoms with van der Waals surface area (Å²) in [5.41, 5.74) is 5.09. The lowest BCUT2D eigenvalue weighted by Crippen LogP contribution is -2.38. The van der Waals surface area contributed by atoms with E-state index in [1.165, 1.54) is 0 Å². The Morgan fingerprint density at radius 2 is 1.46 bits per heavy atom. The van der Waals surface area contributed by atoms with Gasteiger partial charge in [0.15, 0.2) is 6.29 Å². The largest absolute Gasteiger partial charge is 0.457 e. The minimum Gasteiger partial charge on any atom is -0.457 e. The van der Waals surface area contributed by atoms with E-state index >= 15 is 0 Å². The van der Waals surface area contributed by atoms with Crippen LogP contribution in [0.2, 0.25) is 0 Å². The van der Waals surface area contributed by atoms with Gasteiger partial charge >= 0.3 is 6.03 Å². The molecule has 0 saturated carbocycles. The van der Waals surface area contributed by atoms with Crippen molar-refractivity contribution in [2.24, 2.45) is 0 Å². The van der Waals surface area contributed by atoms with E-state index in [9.17, 15) is 9.90 Å². The average molecular weight is 645 g/mol. The lowest BCUT2D eigenvalue weighted by Gasteiger charge is -2.38. The van der Waals surface area contributed by atoms with E-state index < -0.39 is 6.29 Å². The second-order valence-electron chi connectivity index (χ2n) is 11.8. The molecule has 9 heteroatoms. The molecule has 0 spiro atoms. The zero-order chi connectivity index (χ0) is 33.1. The minimum atomic E-state index is -0.588. The molecule has 1 saturated heterocycles. The second kappa shape index (κ2) is 16.2. The molecule has 3 N–H and O–H groups in total. The summed E-state index contributed by atoms with van der Waals surface area (Å²) in [6.45, 7) is 1.58. The van der Waals surface area contributed by atoms with Crippen molar-refractivity contribution in [3.8, 4) is 11.5 Å². The van der Waals surface area contributed by atoms with Crippen LogP contribution in [0.15, 0.2) is 128 Å². The van der Waals surface area contributed by atoms with Crippen LogP contribution in [0, 0.1) is 0 Å². The fourth-order valence-corrected chi connectivity index (χ4v) is 5.57. The number of carbonyl (C=O) groups excluding carboxylic acids is 1. The summed E-state index contributed by atoms with van der Waals surface area (Å²) in [6, 6.07) is 37.7. The van der Waals surface area contributed by atoms with Crippen LogP contribution in [-0.4, -0.2) is 47.3 Å². The van der Waals surface area contributed by atoms with Crippen molar-refractivity contribution in [2.45, 2.75) is 37.9 Å². The van der Waals surface area contributed by atoms with Gasteiger partial charge in [-0.2, -0.15) is 0 Å². The summed E-state index contributed by atoms with van der Waals surface area (Å²) in [7, 11) is 2.10. The monoisotopic (exact) mass is 644 g/mol. The number of nitrogens with zero attached hydrogens (tertiary/aromatic N) is 2. The van der Waals surface area contributed by atoms with Crippen LogP contribution in [0.1, 0.15) is 41.2 Å². The topological polar surface area (TPSA) is 105 Å². The van der Waals surface area contributed by atoms with E-state index in [2.05, 4.69) is 27.6 Å². The van der Waals surface area contributed by atoms with Crippen LogP contribution in [0.4, 0.5) is 16.2 Å². The molecule has 1 aromatic heterocycles. The first kappa shape index (κ1) is 32.9. The van der Waals surface area contributed by atoms with Crippen molar-refractivity contribution >= 4 is 17.4 Å². The number of hydrogen-bond acceptors (Lipinski definition) is 7. The minimum absolute atomic E-state index is 0.00433. The second-order valence-corrected chi connectivity index (χ2v) is 11.8. The van der Waals surface area contributed by atoms with E-state index in [0.717, 1.165) is 47.6 Å². The van der Waals surface area contributed by atoms with Crippen molar-refractivity contribution in [1.82, 2.24) is 9.88 Å². The molecular weight excluding hydrogens is 604 g/mol. The average Bonchev–Trinajstić information content (AvgIpc) is 3.12. The molecule has 246 valence electrons. The Bertz CT molecular complexity index is 1720. The number of hydrogen-bond donors (Lipinski definition) is 3. The van der Waals surface area contributed by atoms with Crippen molar-refractivity contribution in [3.05, 3.63) is 150 Å². The van der Waals surface area contributed by atoms with Gasteiger partial charge in [0.05, 0.1) is 18.8 Å². The Morgan fingerprint density at radius 1 is 0.812 bits per heavy atom. The Hall–Kier alpha value is -5.06. The highest BCUT2D eigenvalue weighted by Crippen LogP contribution is 2.38. The predicted octanol–water partition coefficient (Wildman–Crippen LogP) is 7.73. The van der Waals surface area contributed by atoms with Gasteiger partial charge in [0.25, 0.3) is 0 Å². The molecule has 2 amide bonds. The van der Waals surface area contributed by atoms with Gasteiger partial charge in [-0.1, -0.05) is 60.7 Å². The number of nitrogens with one attached hydrogen (secondary N) is 2. The Morgan fingerprint density at radius 3 is 2.12 bits per heavy atom. The number of carbonyl (C=O) groups is 1. The number of benzene rings is 4. The van der Waals surface area contributed by atoms with Gasteiger partial charge in [0.2, 0.25) is 0 Å². The maximum Gasteiger partial charge on any atom is 0.323 e. The van der Waals surface area contributed by atoms with Crippen LogP contribution in [-0.2, 0) is 22.5 Å². The summed E-state index contributed by atoms with van der Waals surface area (Å²) in [5.74, 6) is 1.42. The van der Waals surface area contributed by atoms with Crippen molar-refractivity contribution in [2.75, 3.05) is 30.8 Å². The number of anilines is 2. The van der Waals surface area contributed by atoms with Gasteiger partial charge in [0.1, 0.15) is 11.5 Å². The quantitative estimate of drug-likeness (QED) is 0.128. The first-order valence-electron chi connectivity index (χ1n) is 16.1. The molecule has 6 rings (SSSR count). The van der Waals surface area contributed by atoms with Crippen LogP contribution in [0.3, 0.4) is 0 Å². The number of aromatic nitrogens is 1. The molecule has 5 aromatic rings. The molecule has 9 nitrogen and oxygen atoms in total. The molecule has 48 heavy (non-hydrogen) atoms. The summed E-state index contributed by atoms with van der Waals surface area (Å²) < 4.78 is 18.8. The smallest absolute Gasteiger partial charge is 0.323 e. The van der Waals surface area contributed by atoms with Crippen molar-refractivity contribution < 1.29 is 24.1 Å². The summed E-state index contributed by atoms with van der Waals surface area (Å²) in [4.78, 5) is 19.5. The van der Waals surface area contributed by atoms with Gasteiger partial charge in [-0.05, 0) is 78.8 Å². The number of aliphatic hydroxyl groups excluding tert-OH is 1. The highest BCUT2D eigenvalue weighted by Gasteiger charge is 2.32. The van der Waals surface area contributed by atoms with E-state index in [-0.39, 0.29) is 24.8 Å². The Kier molecular flexibility index (Phi) is 11.1.